The molecule has 1 aliphatic heterocycles. The highest BCUT2D eigenvalue weighted by Crippen LogP contribution is 2.44. The Morgan fingerprint density at radius 1 is 0.857 bits per heavy atom. The highest BCUT2D eigenvalue weighted by atomic mass is 35.5. The number of likely N-dealkylation sites (N-methyl/N-ethyl adjacent to an activating group) is 1. The van der Waals surface area contributed by atoms with Crippen LogP contribution in [0.15, 0.2) is 110 Å². The highest BCUT2D eigenvalue weighted by molar-refractivity contribution is 6.33. The van der Waals surface area contributed by atoms with E-state index in [2.05, 4.69) is 32.2 Å². The Kier molecular flexibility index (Phi) is 16.0. The van der Waals surface area contributed by atoms with Crippen molar-refractivity contribution in [1.82, 2.24) is 34.4 Å². The van der Waals surface area contributed by atoms with E-state index in [-0.39, 0.29) is 25.5 Å². The van der Waals surface area contributed by atoms with E-state index >= 15 is 0 Å². The number of carbonyl (C=O) groups excluding carboxylic acids is 2. The molecule has 1 fully saturated rings. The highest BCUT2D eigenvalue weighted by Gasteiger charge is 2.29. The molecule has 0 saturated carbocycles. The summed E-state index contributed by atoms with van der Waals surface area (Å²) in [5.41, 5.74) is 5.94. The van der Waals surface area contributed by atoms with Gasteiger partial charge in [0.1, 0.15) is 54.2 Å². The van der Waals surface area contributed by atoms with Gasteiger partial charge in [-0.2, -0.15) is 5.10 Å². The number of piperazine rings is 1. The quantitative estimate of drug-likeness (QED) is 0.0603. The lowest BCUT2D eigenvalue weighted by molar-refractivity contribution is -0.168. The monoisotopic (exact) mass is 972 g/mol. The zero-order chi connectivity index (χ0) is 49.1. The normalized spacial score (nSPS) is 13.9. The van der Waals surface area contributed by atoms with Gasteiger partial charge in [-0.25, -0.2) is 33.4 Å². The second kappa shape index (κ2) is 22.8. The van der Waals surface area contributed by atoms with Gasteiger partial charge in [-0.1, -0.05) is 60.1 Å². The molecule has 0 bridgehead atoms. The van der Waals surface area contributed by atoms with Gasteiger partial charge >= 0.3 is 12.1 Å². The molecule has 18 heteroatoms. The van der Waals surface area contributed by atoms with Crippen LogP contribution in [0.25, 0.3) is 39.2 Å². The van der Waals surface area contributed by atoms with Gasteiger partial charge in [0.05, 0.1) is 30.0 Å². The number of nitrogens with zero attached hydrogens (tertiary/aromatic N) is 7. The zero-order valence-corrected chi connectivity index (χ0v) is 40.3. The average molecular weight is 974 g/mol. The van der Waals surface area contributed by atoms with Crippen molar-refractivity contribution in [2.45, 2.75) is 46.1 Å². The van der Waals surface area contributed by atoms with Crippen LogP contribution in [0.1, 0.15) is 30.7 Å². The zero-order valence-electron chi connectivity index (χ0n) is 39.6. The van der Waals surface area contributed by atoms with Crippen molar-refractivity contribution in [3.63, 3.8) is 0 Å². The lowest BCUT2D eigenvalue weighted by Gasteiger charge is -2.32. The second-order valence-electron chi connectivity index (χ2n) is 16.5. The van der Waals surface area contributed by atoms with Gasteiger partial charge in [-0.15, -0.1) is 0 Å². The third kappa shape index (κ3) is 11.7. The number of fused-ring (bicyclic) bond motifs is 1. The van der Waals surface area contributed by atoms with E-state index < -0.39 is 30.3 Å². The van der Waals surface area contributed by atoms with Crippen LogP contribution in [0.3, 0.4) is 0 Å². The smallest absolute Gasteiger partial charge is 0.496 e. The van der Waals surface area contributed by atoms with E-state index in [9.17, 15) is 14.0 Å². The number of anilines is 1. The first kappa shape index (κ1) is 49.1. The second-order valence-corrected chi connectivity index (χ2v) is 16.9. The van der Waals surface area contributed by atoms with Crippen LogP contribution in [0, 0.1) is 12.7 Å². The van der Waals surface area contributed by atoms with Gasteiger partial charge in [-0.05, 0) is 85.6 Å². The van der Waals surface area contributed by atoms with Crippen LogP contribution in [-0.2, 0) is 32.0 Å². The molecule has 1 N–H and O–H groups in total. The Labute approximate surface area is 410 Å². The Balaban J connectivity index is 1.13. The Morgan fingerprint density at radius 2 is 1.61 bits per heavy atom. The Bertz CT molecular complexity index is 2930. The fourth-order valence-electron chi connectivity index (χ4n) is 8.17. The number of methoxy groups -OCH3 is 1. The number of hydrogen-bond acceptors (Lipinski definition) is 15. The van der Waals surface area contributed by atoms with E-state index in [0.717, 1.165) is 49.4 Å². The summed E-state index contributed by atoms with van der Waals surface area (Å²) in [4.78, 5) is 45.2. The van der Waals surface area contributed by atoms with Gasteiger partial charge in [0.15, 0.2) is 11.6 Å². The molecule has 16 nitrogen and oxygen atoms in total. The first-order valence-electron chi connectivity index (χ1n) is 22.9. The van der Waals surface area contributed by atoms with Crippen LogP contribution in [0.5, 0.6) is 17.2 Å². The molecule has 1 saturated heterocycles. The molecular weight excluding hydrogens is 919 g/mol. The van der Waals surface area contributed by atoms with Gasteiger partial charge < -0.3 is 38.6 Å². The molecule has 0 aliphatic carbocycles. The summed E-state index contributed by atoms with van der Waals surface area (Å²) < 4.78 is 50.1. The van der Waals surface area contributed by atoms with Crippen molar-refractivity contribution in [1.29, 1.82) is 0 Å². The van der Waals surface area contributed by atoms with Crippen molar-refractivity contribution in [3.05, 3.63) is 137 Å². The van der Waals surface area contributed by atoms with E-state index in [1.54, 1.807) is 49.0 Å². The van der Waals surface area contributed by atoms with E-state index in [4.69, 9.17) is 50.0 Å². The molecule has 7 aromatic rings. The first-order valence-corrected chi connectivity index (χ1v) is 23.3. The minimum Gasteiger partial charge on any atom is -0.496 e. The van der Waals surface area contributed by atoms with Crippen molar-refractivity contribution in [2.75, 3.05) is 65.4 Å². The van der Waals surface area contributed by atoms with Crippen molar-refractivity contribution in [2.24, 2.45) is 0 Å². The summed E-state index contributed by atoms with van der Waals surface area (Å²) >= 11 is 7.14. The summed E-state index contributed by atoms with van der Waals surface area (Å²) in [5, 5.41) is 8.37. The molecule has 3 aromatic heterocycles. The fourth-order valence-corrected chi connectivity index (χ4v) is 8.39. The van der Waals surface area contributed by atoms with Crippen molar-refractivity contribution >= 4 is 35.1 Å². The van der Waals surface area contributed by atoms with Gasteiger partial charge in [0.25, 0.3) is 0 Å². The molecule has 4 aromatic carbocycles. The number of rotatable bonds is 19. The first-order chi connectivity index (χ1) is 34.0. The number of nitrogens with one attached hydrogen (secondary N) is 1. The standard InChI is InChI=1S/C52H54ClFN8O8/c1-6-66-52(64)70-34(3)69-51(63)42(29-36-11-7-9-13-43(36)68-31-38-21-22-55-49(58-38)40-12-8-10-14-44(40)65-5)59-50-48-46(41(30-62(48)57-32-56-50)35-15-17-37(54)18-16-35)39-19-20-45(47(53)33(39)2)67-28-27-61-25-23-60(4)24-26-61/h7-22,30,32,34,42H,6,23-29,31H2,1-5H3,(H,56,57,59). The number of para-hydroxylation sites is 2. The maximum absolute atomic E-state index is 14.4. The van der Waals surface area contributed by atoms with Crippen molar-refractivity contribution in [3.8, 4) is 50.9 Å². The molecule has 4 heterocycles. The maximum Gasteiger partial charge on any atom is 0.511 e. The predicted molar refractivity (Wildman–Crippen MR) is 263 cm³/mol. The van der Waals surface area contributed by atoms with E-state index in [0.29, 0.717) is 68.2 Å². The van der Waals surface area contributed by atoms with Crippen LogP contribution in [0.2, 0.25) is 5.02 Å². The van der Waals surface area contributed by atoms with Gasteiger partial charge in [0, 0.05) is 69.6 Å². The largest absolute Gasteiger partial charge is 0.511 e. The van der Waals surface area contributed by atoms with Gasteiger partial charge in [0.2, 0.25) is 6.29 Å². The average Bonchev–Trinajstić information content (AvgIpc) is 3.76. The number of benzene rings is 4. The summed E-state index contributed by atoms with van der Waals surface area (Å²) in [6.07, 6.45) is 2.54. The third-order valence-corrected chi connectivity index (χ3v) is 12.3. The molecule has 0 radical (unpaired) electrons. The molecule has 364 valence electrons. The third-order valence-electron chi connectivity index (χ3n) is 11.8. The van der Waals surface area contributed by atoms with Crippen LogP contribution < -0.4 is 19.5 Å². The predicted octanol–water partition coefficient (Wildman–Crippen LogP) is 8.92. The van der Waals surface area contributed by atoms with Crippen LogP contribution in [0.4, 0.5) is 15.0 Å². The fraction of sp³-hybridized carbons (Fsp3) is 0.308. The summed E-state index contributed by atoms with van der Waals surface area (Å²) in [5.74, 6) is 1.21. The van der Waals surface area contributed by atoms with Crippen LogP contribution >= 0.6 is 11.6 Å². The van der Waals surface area contributed by atoms with E-state index in [1.165, 1.54) is 25.4 Å². The molecule has 70 heavy (non-hydrogen) atoms. The Morgan fingerprint density at radius 3 is 2.39 bits per heavy atom. The minimum atomic E-state index is -1.32. The minimum absolute atomic E-state index is 0.0133. The number of ether oxygens (including phenoxy) is 6. The molecule has 8 rings (SSSR count). The number of halogens is 2. The SMILES string of the molecule is CCOC(=O)OC(C)OC(=O)C(Cc1ccccc1OCc1ccnc(-c2ccccc2OC)n1)Nc1ncnn2cc(-c3ccc(F)cc3)c(-c3ccc(OCCN4CCN(C)CC4)c(Cl)c3C)c12. The number of esters is 1. The number of aromatic nitrogens is 5. The molecule has 0 spiro atoms. The van der Waals surface area contributed by atoms with Gasteiger partial charge in [-0.3, -0.25) is 4.90 Å². The summed E-state index contributed by atoms with van der Waals surface area (Å²) in [6.45, 7) is 10.3. The number of hydrogen-bond donors (Lipinski definition) is 1. The molecule has 2 atom stereocenters. The summed E-state index contributed by atoms with van der Waals surface area (Å²) in [6, 6.07) is 25.3. The lowest BCUT2D eigenvalue weighted by atomic mass is 9.94. The molecular formula is C52H54ClFN8O8. The Hall–Kier alpha value is -7.34. The lowest BCUT2D eigenvalue weighted by Crippen LogP contribution is -2.45. The molecule has 2 unspecified atom stereocenters. The molecule has 0 amide bonds. The number of carbonyl (C=O) groups is 2. The van der Waals surface area contributed by atoms with Crippen LogP contribution in [-0.4, -0.2) is 119 Å². The van der Waals surface area contributed by atoms with E-state index in [1.807, 2.05) is 67.7 Å². The summed E-state index contributed by atoms with van der Waals surface area (Å²) in [7, 11) is 3.71. The topological polar surface area (TPSA) is 164 Å². The van der Waals surface area contributed by atoms with Crippen molar-refractivity contribution < 1.29 is 42.4 Å². The maximum atomic E-state index is 14.4. The molecule has 1 aliphatic rings.